The van der Waals surface area contributed by atoms with Gasteiger partial charge in [-0.1, -0.05) is 18.2 Å². The standard InChI is InChI=1S/C17H19F3N2OS/c1-11(21-12(2)15-8-5-9-24-15)10-16(23)22-14-7-4-3-6-13(14)17(18,19)20/h3-9,11-12,21H,10H2,1-2H3,(H,22,23). The molecule has 0 aliphatic rings. The number of benzene rings is 1. The zero-order valence-corrected chi connectivity index (χ0v) is 14.2. The first-order chi connectivity index (χ1) is 11.3. The number of halogens is 3. The summed E-state index contributed by atoms with van der Waals surface area (Å²) < 4.78 is 38.8. The van der Waals surface area contributed by atoms with E-state index in [9.17, 15) is 18.0 Å². The largest absolute Gasteiger partial charge is 0.418 e. The van der Waals surface area contributed by atoms with Gasteiger partial charge in [0.25, 0.3) is 0 Å². The first kappa shape index (κ1) is 18.5. The number of anilines is 1. The van der Waals surface area contributed by atoms with Gasteiger partial charge in [0.05, 0.1) is 11.3 Å². The molecule has 0 bridgehead atoms. The van der Waals surface area contributed by atoms with Crippen LogP contribution in [0.3, 0.4) is 0 Å². The maximum Gasteiger partial charge on any atom is 0.418 e. The molecule has 1 amide bonds. The van der Waals surface area contributed by atoms with Crippen LogP contribution in [-0.4, -0.2) is 11.9 Å². The van der Waals surface area contributed by atoms with E-state index in [0.29, 0.717) is 0 Å². The van der Waals surface area contributed by atoms with Crippen LogP contribution in [0.5, 0.6) is 0 Å². The number of nitrogens with one attached hydrogen (secondary N) is 2. The highest BCUT2D eigenvalue weighted by molar-refractivity contribution is 7.10. The van der Waals surface area contributed by atoms with Crippen LogP contribution >= 0.6 is 11.3 Å². The Kier molecular flexibility index (Phi) is 6.01. The highest BCUT2D eigenvalue weighted by atomic mass is 32.1. The molecule has 130 valence electrons. The molecule has 1 aromatic carbocycles. The van der Waals surface area contributed by atoms with Crippen LogP contribution in [0.25, 0.3) is 0 Å². The minimum Gasteiger partial charge on any atom is -0.325 e. The zero-order valence-electron chi connectivity index (χ0n) is 13.4. The summed E-state index contributed by atoms with van der Waals surface area (Å²) in [4.78, 5) is 13.2. The molecule has 2 atom stereocenters. The number of hydrogen-bond donors (Lipinski definition) is 2. The van der Waals surface area contributed by atoms with E-state index in [4.69, 9.17) is 0 Å². The number of para-hydroxylation sites is 1. The number of carbonyl (C=O) groups excluding carboxylic acids is 1. The molecular weight excluding hydrogens is 337 g/mol. The van der Waals surface area contributed by atoms with E-state index in [1.165, 1.54) is 18.2 Å². The lowest BCUT2D eigenvalue weighted by molar-refractivity contribution is -0.137. The third-order valence-corrected chi connectivity index (χ3v) is 4.56. The van der Waals surface area contributed by atoms with E-state index in [0.717, 1.165) is 10.9 Å². The van der Waals surface area contributed by atoms with Crippen molar-refractivity contribution in [1.29, 1.82) is 0 Å². The van der Waals surface area contributed by atoms with Gasteiger partial charge in [0.1, 0.15) is 0 Å². The SMILES string of the molecule is CC(CC(=O)Nc1ccccc1C(F)(F)F)NC(C)c1cccs1. The molecular formula is C17H19F3N2OS. The minimum atomic E-state index is -4.50. The van der Waals surface area contributed by atoms with E-state index in [-0.39, 0.29) is 24.2 Å². The van der Waals surface area contributed by atoms with Gasteiger partial charge >= 0.3 is 6.18 Å². The lowest BCUT2D eigenvalue weighted by Crippen LogP contribution is -2.32. The highest BCUT2D eigenvalue weighted by Gasteiger charge is 2.33. The van der Waals surface area contributed by atoms with Gasteiger partial charge in [-0.05, 0) is 37.4 Å². The van der Waals surface area contributed by atoms with Crippen molar-refractivity contribution in [1.82, 2.24) is 5.32 Å². The molecule has 0 spiro atoms. The Balaban J connectivity index is 1.94. The topological polar surface area (TPSA) is 41.1 Å². The summed E-state index contributed by atoms with van der Waals surface area (Å²) in [6.45, 7) is 3.82. The van der Waals surface area contributed by atoms with E-state index in [2.05, 4.69) is 10.6 Å². The van der Waals surface area contributed by atoms with Gasteiger partial charge < -0.3 is 10.6 Å². The molecule has 2 rings (SSSR count). The van der Waals surface area contributed by atoms with Crippen LogP contribution in [0.4, 0.5) is 18.9 Å². The Hall–Kier alpha value is -1.86. The zero-order chi connectivity index (χ0) is 17.7. The van der Waals surface area contributed by atoms with Crippen LogP contribution in [0.15, 0.2) is 41.8 Å². The Morgan fingerprint density at radius 1 is 1.17 bits per heavy atom. The molecule has 0 aliphatic heterocycles. The van der Waals surface area contributed by atoms with E-state index < -0.39 is 17.6 Å². The summed E-state index contributed by atoms with van der Waals surface area (Å²) in [5.41, 5.74) is -1.06. The lowest BCUT2D eigenvalue weighted by atomic mass is 10.1. The first-order valence-corrected chi connectivity index (χ1v) is 8.41. The van der Waals surface area contributed by atoms with Crippen molar-refractivity contribution < 1.29 is 18.0 Å². The average molecular weight is 356 g/mol. The molecule has 2 unspecified atom stereocenters. The van der Waals surface area contributed by atoms with Crippen molar-refractivity contribution in [3.63, 3.8) is 0 Å². The number of alkyl halides is 3. The Morgan fingerprint density at radius 2 is 1.88 bits per heavy atom. The van der Waals surface area contributed by atoms with Crippen molar-refractivity contribution in [2.75, 3.05) is 5.32 Å². The van der Waals surface area contributed by atoms with E-state index in [1.54, 1.807) is 11.3 Å². The summed E-state index contributed by atoms with van der Waals surface area (Å²) in [5.74, 6) is -0.454. The molecule has 1 heterocycles. The van der Waals surface area contributed by atoms with Crippen LogP contribution in [-0.2, 0) is 11.0 Å². The molecule has 2 aromatic rings. The fourth-order valence-electron chi connectivity index (χ4n) is 2.42. The Labute approximate surface area is 142 Å². The van der Waals surface area contributed by atoms with Crippen LogP contribution in [0, 0.1) is 0 Å². The number of carbonyl (C=O) groups is 1. The van der Waals surface area contributed by atoms with Crippen LogP contribution in [0.1, 0.15) is 36.8 Å². The molecule has 2 N–H and O–H groups in total. The summed E-state index contributed by atoms with van der Waals surface area (Å²) in [7, 11) is 0. The highest BCUT2D eigenvalue weighted by Crippen LogP contribution is 2.34. The maximum atomic E-state index is 12.9. The second kappa shape index (κ2) is 7.81. The van der Waals surface area contributed by atoms with Gasteiger partial charge in [0.15, 0.2) is 0 Å². The smallest absolute Gasteiger partial charge is 0.325 e. The molecule has 7 heteroatoms. The van der Waals surface area contributed by atoms with E-state index >= 15 is 0 Å². The molecule has 3 nitrogen and oxygen atoms in total. The van der Waals surface area contributed by atoms with Crippen molar-refractivity contribution in [2.45, 2.75) is 38.5 Å². The lowest BCUT2D eigenvalue weighted by Gasteiger charge is -2.19. The monoisotopic (exact) mass is 356 g/mol. The van der Waals surface area contributed by atoms with Gasteiger partial charge in [0, 0.05) is 23.4 Å². The molecule has 0 fully saturated rings. The summed E-state index contributed by atoms with van der Waals surface area (Å²) >= 11 is 1.61. The first-order valence-electron chi connectivity index (χ1n) is 7.53. The molecule has 24 heavy (non-hydrogen) atoms. The molecule has 0 saturated heterocycles. The van der Waals surface area contributed by atoms with Crippen molar-refractivity contribution in [2.24, 2.45) is 0 Å². The Bertz CT molecular complexity index is 671. The van der Waals surface area contributed by atoms with Crippen molar-refractivity contribution in [3.8, 4) is 0 Å². The number of amides is 1. The van der Waals surface area contributed by atoms with Crippen LogP contribution < -0.4 is 10.6 Å². The Morgan fingerprint density at radius 3 is 2.50 bits per heavy atom. The van der Waals surface area contributed by atoms with E-state index in [1.807, 2.05) is 31.4 Å². The second-order valence-electron chi connectivity index (χ2n) is 5.60. The molecule has 0 saturated carbocycles. The van der Waals surface area contributed by atoms with Crippen LogP contribution in [0.2, 0.25) is 0 Å². The quantitative estimate of drug-likeness (QED) is 0.778. The maximum absolute atomic E-state index is 12.9. The molecule has 0 aliphatic carbocycles. The third kappa shape index (κ3) is 5.07. The van der Waals surface area contributed by atoms with Crippen molar-refractivity contribution in [3.05, 3.63) is 52.2 Å². The summed E-state index contributed by atoms with van der Waals surface area (Å²) in [5, 5.41) is 7.60. The molecule has 0 radical (unpaired) electrons. The van der Waals surface area contributed by atoms with Gasteiger partial charge in [0.2, 0.25) is 5.91 Å². The third-order valence-electron chi connectivity index (χ3n) is 3.50. The van der Waals surface area contributed by atoms with Gasteiger partial charge in [-0.3, -0.25) is 4.79 Å². The summed E-state index contributed by atoms with van der Waals surface area (Å²) in [6.07, 6.45) is -4.41. The second-order valence-corrected chi connectivity index (χ2v) is 6.58. The van der Waals surface area contributed by atoms with Gasteiger partial charge in [-0.2, -0.15) is 13.2 Å². The molecule has 1 aromatic heterocycles. The number of hydrogen-bond acceptors (Lipinski definition) is 3. The number of thiophene rings is 1. The minimum absolute atomic E-state index is 0.0789. The number of rotatable bonds is 6. The van der Waals surface area contributed by atoms with Gasteiger partial charge in [-0.15, -0.1) is 11.3 Å². The van der Waals surface area contributed by atoms with Crippen molar-refractivity contribution >= 4 is 22.9 Å². The fraction of sp³-hybridized carbons (Fsp3) is 0.353. The van der Waals surface area contributed by atoms with Gasteiger partial charge in [-0.25, -0.2) is 0 Å². The average Bonchev–Trinajstić information content (AvgIpc) is 3.00. The predicted octanol–water partition coefficient (Wildman–Crippen LogP) is 4.83. The summed E-state index contributed by atoms with van der Waals surface area (Å²) in [6, 6.07) is 8.83. The predicted molar refractivity (Wildman–Crippen MR) is 90.0 cm³/mol. The fourth-order valence-corrected chi connectivity index (χ4v) is 3.17. The normalized spacial score (nSPS) is 14.2.